The summed E-state index contributed by atoms with van der Waals surface area (Å²) in [6.45, 7) is 1.97. The Morgan fingerprint density at radius 2 is 1.84 bits per heavy atom. The average Bonchev–Trinajstić information content (AvgIpc) is 3.47. The van der Waals surface area contributed by atoms with Gasteiger partial charge in [0.25, 0.3) is 6.43 Å². The van der Waals surface area contributed by atoms with Gasteiger partial charge in [0.05, 0.1) is 34.7 Å². The number of nitrogens with one attached hydrogen (secondary N) is 2. The van der Waals surface area contributed by atoms with Crippen LogP contribution >= 0.6 is 11.6 Å². The highest BCUT2D eigenvalue weighted by Crippen LogP contribution is 2.47. The summed E-state index contributed by atoms with van der Waals surface area (Å²) in [6, 6.07) is 5.11. The molecule has 6 rings (SSSR count). The van der Waals surface area contributed by atoms with Crippen molar-refractivity contribution in [1.82, 2.24) is 24.4 Å². The van der Waals surface area contributed by atoms with E-state index in [0.717, 1.165) is 33.7 Å². The zero-order chi connectivity index (χ0) is 32.4. The lowest BCUT2D eigenvalue weighted by atomic mass is 9.94. The molecule has 2 aromatic heterocycles. The fraction of sp³-hybridized carbons (Fsp3) is 0.207. The number of rotatable bonds is 6. The number of fused-ring (bicyclic) bond motifs is 4. The van der Waals surface area contributed by atoms with Crippen LogP contribution in [0.1, 0.15) is 28.3 Å². The summed E-state index contributed by atoms with van der Waals surface area (Å²) in [6.07, 6.45) is -6.99. The first-order valence-corrected chi connectivity index (χ1v) is 13.5. The molecule has 0 saturated heterocycles. The molecule has 1 unspecified atom stereocenters. The molecule has 3 aromatic carbocycles. The van der Waals surface area contributed by atoms with E-state index < -0.39 is 54.7 Å². The lowest BCUT2D eigenvalue weighted by Gasteiger charge is -2.20. The summed E-state index contributed by atoms with van der Waals surface area (Å²) in [5.41, 5.74) is -0.965. The van der Waals surface area contributed by atoms with Crippen molar-refractivity contribution in [3.63, 3.8) is 0 Å². The van der Waals surface area contributed by atoms with Gasteiger partial charge in [-0.2, -0.15) is 13.2 Å². The van der Waals surface area contributed by atoms with Crippen molar-refractivity contribution in [1.29, 1.82) is 0 Å². The van der Waals surface area contributed by atoms with Gasteiger partial charge in [-0.15, -0.1) is 0 Å². The number of hydrogen-bond donors (Lipinski definition) is 2. The normalized spacial score (nSPS) is 15.4. The molecule has 0 aliphatic carbocycles. The van der Waals surface area contributed by atoms with Crippen molar-refractivity contribution in [2.75, 3.05) is 12.4 Å². The van der Waals surface area contributed by atoms with Crippen LogP contribution in [-0.2, 0) is 19.5 Å². The lowest BCUT2D eigenvalue weighted by molar-refractivity contribution is -0.136. The van der Waals surface area contributed by atoms with E-state index >= 15 is 0 Å². The van der Waals surface area contributed by atoms with Crippen LogP contribution in [-0.4, -0.2) is 32.6 Å². The number of benzene rings is 3. The first kappa shape index (κ1) is 30.4. The summed E-state index contributed by atoms with van der Waals surface area (Å²) >= 11 is 6.45. The topological polar surface area (TPSA) is 72.1 Å². The van der Waals surface area contributed by atoms with E-state index in [1.807, 2.05) is 0 Å². The summed E-state index contributed by atoms with van der Waals surface area (Å²) in [7, 11) is 1.30. The van der Waals surface area contributed by atoms with Crippen LogP contribution in [0.25, 0.3) is 27.6 Å². The van der Waals surface area contributed by atoms with Crippen molar-refractivity contribution in [2.24, 2.45) is 4.99 Å². The van der Waals surface area contributed by atoms with Gasteiger partial charge in [-0.3, -0.25) is 9.56 Å². The van der Waals surface area contributed by atoms with Gasteiger partial charge in [0, 0.05) is 45.5 Å². The monoisotopic (exact) mass is 653 g/mol. The van der Waals surface area contributed by atoms with E-state index in [2.05, 4.69) is 32.2 Å². The second kappa shape index (κ2) is 11.1. The summed E-state index contributed by atoms with van der Waals surface area (Å²) in [5.74, 6) is -2.12. The number of anilines is 2. The van der Waals surface area contributed by atoms with Crippen molar-refractivity contribution < 1.29 is 35.1 Å². The van der Waals surface area contributed by atoms with Crippen LogP contribution < -0.4 is 16.3 Å². The number of hydrogen-bond acceptors (Lipinski definition) is 5. The summed E-state index contributed by atoms with van der Waals surface area (Å²) in [5, 5.41) is 5.78. The highest BCUT2D eigenvalue weighted by atomic mass is 35.5. The predicted molar refractivity (Wildman–Crippen MR) is 152 cm³/mol. The van der Waals surface area contributed by atoms with Gasteiger partial charge in [0.2, 0.25) is 5.62 Å². The Balaban J connectivity index is 1.71. The Kier molecular flexibility index (Phi) is 7.46. The quantitative estimate of drug-likeness (QED) is 0.187. The third kappa shape index (κ3) is 5.04. The van der Waals surface area contributed by atoms with E-state index in [4.69, 9.17) is 11.6 Å². The van der Waals surface area contributed by atoms with E-state index in [1.165, 1.54) is 19.2 Å². The van der Waals surface area contributed by atoms with Crippen LogP contribution in [0.3, 0.4) is 0 Å². The smallest absolute Gasteiger partial charge is 0.374 e. The van der Waals surface area contributed by atoms with Gasteiger partial charge in [-0.25, -0.2) is 31.9 Å². The summed E-state index contributed by atoms with van der Waals surface area (Å²) in [4.78, 5) is 11.8. The maximum absolute atomic E-state index is 14.6. The molecule has 0 bridgehead atoms. The number of imidazole rings is 1. The van der Waals surface area contributed by atoms with E-state index in [9.17, 15) is 35.1 Å². The first-order valence-electron chi connectivity index (χ1n) is 13.1. The molecule has 1 aliphatic heterocycles. The fourth-order valence-electron chi connectivity index (χ4n) is 5.75. The molecule has 0 fully saturated rings. The third-order valence-corrected chi connectivity index (χ3v) is 7.79. The zero-order valence-electron chi connectivity index (χ0n) is 23.0. The van der Waals surface area contributed by atoms with Gasteiger partial charge in [-0.05, 0) is 36.4 Å². The van der Waals surface area contributed by atoms with Crippen LogP contribution in [0.15, 0.2) is 54.3 Å². The molecule has 45 heavy (non-hydrogen) atoms. The number of alkyl halides is 6. The minimum Gasteiger partial charge on any atom is -0.374 e. The Hall–Kier alpha value is -4.66. The molecule has 1 atom stereocenters. The third-order valence-electron chi connectivity index (χ3n) is 7.44. The Morgan fingerprint density at radius 3 is 2.51 bits per heavy atom. The number of nitrogens with zero attached hydrogens (tertiary/aromatic N) is 5. The van der Waals surface area contributed by atoms with Gasteiger partial charge >= 0.3 is 6.18 Å². The Bertz CT molecular complexity index is 2080. The van der Waals surface area contributed by atoms with Crippen molar-refractivity contribution in [3.05, 3.63) is 93.8 Å². The molecule has 3 heterocycles. The molecular weight excluding hydrogens is 634 g/mol. The molecule has 7 nitrogen and oxygen atoms in total. The summed E-state index contributed by atoms with van der Waals surface area (Å²) < 4.78 is 115. The average molecular weight is 654 g/mol. The molecule has 0 saturated carbocycles. The SMILES string of the molecule is C=C1NC(c2cc(F)ccc2Cl)c2c(Nc3ncnc4c(C(F)(F)F)cc(F)cc34)cc3c(c21)n(CF)c(=NC)n3CC(F)F. The predicted octanol–water partition coefficient (Wildman–Crippen LogP) is 7.47. The highest BCUT2D eigenvalue weighted by Gasteiger charge is 2.37. The molecule has 1 aliphatic rings. The molecule has 234 valence electrons. The van der Waals surface area contributed by atoms with Gasteiger partial charge in [0.1, 0.15) is 23.8 Å². The van der Waals surface area contributed by atoms with E-state index in [-0.39, 0.29) is 61.0 Å². The lowest BCUT2D eigenvalue weighted by Crippen LogP contribution is -2.27. The molecule has 0 amide bonds. The molecular formula is C29H20ClF8N7. The highest BCUT2D eigenvalue weighted by molar-refractivity contribution is 6.31. The second-order valence-electron chi connectivity index (χ2n) is 10.1. The Labute approximate surface area is 253 Å². The number of aromatic nitrogens is 4. The zero-order valence-corrected chi connectivity index (χ0v) is 23.7. The molecule has 5 aromatic rings. The van der Waals surface area contributed by atoms with Crippen molar-refractivity contribution in [3.8, 4) is 0 Å². The second-order valence-corrected chi connectivity index (χ2v) is 10.5. The van der Waals surface area contributed by atoms with Crippen LogP contribution in [0.5, 0.6) is 0 Å². The number of halogens is 9. The largest absolute Gasteiger partial charge is 0.418 e. The minimum atomic E-state index is -4.96. The maximum Gasteiger partial charge on any atom is 0.418 e. The molecule has 0 spiro atoms. The minimum absolute atomic E-state index is 0.0595. The van der Waals surface area contributed by atoms with Gasteiger partial charge in [-0.1, -0.05) is 18.2 Å². The molecule has 0 radical (unpaired) electrons. The van der Waals surface area contributed by atoms with E-state index in [0.29, 0.717) is 6.07 Å². The molecule has 16 heteroatoms. The van der Waals surface area contributed by atoms with Crippen LogP contribution in [0.2, 0.25) is 5.02 Å². The Morgan fingerprint density at radius 1 is 1.09 bits per heavy atom. The van der Waals surface area contributed by atoms with Gasteiger partial charge in [0.15, 0.2) is 6.80 Å². The fourth-order valence-corrected chi connectivity index (χ4v) is 5.98. The first-order chi connectivity index (χ1) is 21.3. The van der Waals surface area contributed by atoms with Gasteiger partial charge < -0.3 is 15.2 Å². The molecule has 2 N–H and O–H groups in total. The standard InChI is InChI=1S/C29H20ClF8N7/c1-12-22-23(25(42-12)15-5-13(32)3-4-18(15)30)19(8-20-26(22)45(10-31)28(39-2)44(20)9-21(34)35)43-27-16-6-14(33)7-17(29(36,37)38)24(16)40-11-41-27/h3-8,11,21,25,42H,1,9-10H2,2H3,(H,40,41,43). The maximum atomic E-state index is 14.6. The van der Waals surface area contributed by atoms with Crippen LogP contribution in [0, 0.1) is 11.6 Å². The van der Waals surface area contributed by atoms with Crippen molar-refractivity contribution in [2.45, 2.75) is 32.0 Å². The van der Waals surface area contributed by atoms with E-state index in [1.54, 1.807) is 0 Å². The van der Waals surface area contributed by atoms with Crippen LogP contribution in [0.4, 0.5) is 46.6 Å². The van der Waals surface area contributed by atoms with Crippen molar-refractivity contribution >= 4 is 50.7 Å².